The zero-order valence-corrected chi connectivity index (χ0v) is 24.1. The molecule has 4 aliphatic rings. The Balaban J connectivity index is 1.75. The average molecular weight is 581 g/mol. The summed E-state index contributed by atoms with van der Waals surface area (Å²) in [7, 11) is -5.14. The minimum absolute atomic E-state index is 0.0590. The van der Waals surface area contributed by atoms with Gasteiger partial charge in [0.2, 0.25) is 0 Å². The van der Waals surface area contributed by atoms with E-state index in [9.17, 15) is 48.7 Å². The highest BCUT2D eigenvalue weighted by molar-refractivity contribution is 7.80. The standard InChI is InChI=1S/C27H48O11S/c1-13(12-28)6-5-7-14(2)17-20(31)21(32)23-26(17,4)11-9-16-25(3)10-8-15(29)19(30)18(25)22(38-39(35,36)37)24(33)27(16,23)34/h13-24,28-34H,5-12H2,1-4H3,(H,35,36,37)/t13?,14-,15+,16-,17+,18?,19?,20-,21-,22-,23-,24-,25-,26-,27+/m1/s1. The third-order valence-electron chi connectivity index (χ3n) is 11.5. The Bertz CT molecular complexity index is 994. The summed E-state index contributed by atoms with van der Waals surface area (Å²) in [5.74, 6) is -3.23. The number of aliphatic hydroxyl groups excluding tert-OH is 6. The van der Waals surface area contributed by atoms with Gasteiger partial charge >= 0.3 is 10.4 Å². The topological polar surface area (TPSA) is 205 Å². The summed E-state index contributed by atoms with van der Waals surface area (Å²) in [6, 6.07) is 0. The molecule has 8 N–H and O–H groups in total. The van der Waals surface area contributed by atoms with Crippen LogP contribution in [0.3, 0.4) is 0 Å². The first-order valence-corrected chi connectivity index (χ1v) is 15.7. The van der Waals surface area contributed by atoms with Crippen molar-refractivity contribution in [1.29, 1.82) is 0 Å². The molecule has 0 radical (unpaired) electrons. The molecule has 0 spiro atoms. The van der Waals surface area contributed by atoms with Gasteiger partial charge in [0, 0.05) is 18.4 Å². The van der Waals surface area contributed by atoms with Crippen LogP contribution < -0.4 is 0 Å². The highest BCUT2D eigenvalue weighted by atomic mass is 32.3. The van der Waals surface area contributed by atoms with Crippen LogP contribution in [0.4, 0.5) is 0 Å². The van der Waals surface area contributed by atoms with Gasteiger partial charge in [-0.15, -0.1) is 0 Å². The second kappa shape index (κ2) is 10.7. The molecule has 3 unspecified atom stereocenters. The van der Waals surface area contributed by atoms with Crippen LogP contribution >= 0.6 is 0 Å². The van der Waals surface area contributed by atoms with E-state index in [0.29, 0.717) is 12.8 Å². The van der Waals surface area contributed by atoms with Crippen LogP contribution in [0.25, 0.3) is 0 Å². The zero-order valence-electron chi connectivity index (χ0n) is 23.3. The molecular formula is C27H48O11S. The number of fused-ring (bicyclic) bond motifs is 5. The normalized spacial score (nSPS) is 51.5. The molecule has 0 bridgehead atoms. The molecule has 11 nitrogen and oxygen atoms in total. The fraction of sp³-hybridized carbons (Fsp3) is 1.00. The van der Waals surface area contributed by atoms with Crippen molar-refractivity contribution in [1.82, 2.24) is 0 Å². The van der Waals surface area contributed by atoms with E-state index in [0.717, 1.165) is 19.3 Å². The van der Waals surface area contributed by atoms with E-state index in [1.807, 2.05) is 20.8 Å². The van der Waals surface area contributed by atoms with E-state index in [2.05, 4.69) is 0 Å². The second-order valence-electron chi connectivity index (χ2n) is 13.7. The maximum Gasteiger partial charge on any atom is 0.397 e. The van der Waals surface area contributed by atoms with E-state index < -0.39 is 87.1 Å². The molecule has 0 aromatic heterocycles. The van der Waals surface area contributed by atoms with Crippen molar-refractivity contribution in [2.75, 3.05) is 6.61 Å². The van der Waals surface area contributed by atoms with Gasteiger partial charge in [-0.2, -0.15) is 8.42 Å². The van der Waals surface area contributed by atoms with E-state index in [-0.39, 0.29) is 31.3 Å². The molecule has 0 heterocycles. The molecule has 0 saturated heterocycles. The van der Waals surface area contributed by atoms with Crippen LogP contribution in [0, 0.1) is 46.3 Å². The molecule has 0 amide bonds. The molecule has 228 valence electrons. The summed E-state index contributed by atoms with van der Waals surface area (Å²) in [6.07, 6.45) is -5.37. The van der Waals surface area contributed by atoms with Gasteiger partial charge in [-0.1, -0.05) is 40.5 Å². The lowest BCUT2D eigenvalue weighted by Crippen LogP contribution is -2.77. The molecule has 0 aliphatic heterocycles. The Morgan fingerprint density at radius 1 is 0.923 bits per heavy atom. The van der Waals surface area contributed by atoms with Crippen molar-refractivity contribution in [3.8, 4) is 0 Å². The summed E-state index contributed by atoms with van der Waals surface area (Å²) in [4.78, 5) is 0. The lowest BCUT2D eigenvalue weighted by molar-refractivity contribution is -0.318. The lowest BCUT2D eigenvalue weighted by atomic mass is 9.40. The van der Waals surface area contributed by atoms with Crippen molar-refractivity contribution in [3.63, 3.8) is 0 Å². The van der Waals surface area contributed by atoms with Crippen LogP contribution in [0.2, 0.25) is 0 Å². The minimum Gasteiger partial charge on any atom is -0.396 e. The van der Waals surface area contributed by atoms with Crippen LogP contribution in [0.1, 0.15) is 72.6 Å². The van der Waals surface area contributed by atoms with Crippen LogP contribution in [-0.4, -0.2) is 97.5 Å². The maximum absolute atomic E-state index is 12.5. The summed E-state index contributed by atoms with van der Waals surface area (Å²) >= 11 is 0. The van der Waals surface area contributed by atoms with Gasteiger partial charge in [0.1, 0.15) is 17.8 Å². The molecule has 12 heteroatoms. The van der Waals surface area contributed by atoms with Crippen LogP contribution in [-0.2, 0) is 14.6 Å². The molecule has 4 saturated carbocycles. The molecule has 4 rings (SSSR count). The van der Waals surface area contributed by atoms with E-state index >= 15 is 0 Å². The Kier molecular flexibility index (Phi) is 8.65. The second-order valence-corrected chi connectivity index (χ2v) is 14.8. The van der Waals surface area contributed by atoms with Crippen molar-refractivity contribution in [2.24, 2.45) is 46.3 Å². The Morgan fingerprint density at radius 2 is 1.54 bits per heavy atom. The minimum atomic E-state index is -5.14. The SMILES string of the molecule is CC(CO)CCC[C@@H](C)[C@H]1[C@@H](O)[C@@H](O)[C@@H]2[C@]1(C)CC[C@H]1[C@@]2(O)[C@H](O)[C@H](OS(=O)(=O)O)C2C(O)[C@@H](O)CC[C@@]21C. The van der Waals surface area contributed by atoms with Gasteiger partial charge in [-0.3, -0.25) is 4.55 Å². The van der Waals surface area contributed by atoms with Gasteiger partial charge < -0.3 is 35.7 Å². The Morgan fingerprint density at radius 3 is 2.13 bits per heavy atom. The van der Waals surface area contributed by atoms with Gasteiger partial charge in [-0.05, 0) is 66.6 Å². The molecule has 4 fully saturated rings. The van der Waals surface area contributed by atoms with Gasteiger partial charge in [0.15, 0.2) is 0 Å². The number of rotatable bonds is 8. The van der Waals surface area contributed by atoms with Crippen LogP contribution in [0.5, 0.6) is 0 Å². The molecular weight excluding hydrogens is 532 g/mol. The van der Waals surface area contributed by atoms with Gasteiger partial charge in [0.05, 0.1) is 24.4 Å². The fourth-order valence-corrected chi connectivity index (χ4v) is 10.3. The predicted molar refractivity (Wildman–Crippen MR) is 139 cm³/mol. The summed E-state index contributed by atoms with van der Waals surface area (Å²) in [5, 5.41) is 77.9. The van der Waals surface area contributed by atoms with Crippen molar-refractivity contribution < 1.29 is 52.9 Å². The van der Waals surface area contributed by atoms with Crippen molar-refractivity contribution in [2.45, 2.75) is 115 Å². The summed E-state index contributed by atoms with van der Waals surface area (Å²) in [6.45, 7) is 7.69. The lowest BCUT2D eigenvalue weighted by Gasteiger charge is -2.68. The van der Waals surface area contributed by atoms with Gasteiger partial charge in [-0.25, -0.2) is 4.18 Å². The number of aliphatic hydroxyl groups is 7. The molecule has 0 aromatic rings. The van der Waals surface area contributed by atoms with Crippen molar-refractivity contribution >= 4 is 10.4 Å². The molecule has 0 aromatic carbocycles. The largest absolute Gasteiger partial charge is 0.397 e. The predicted octanol–water partition coefficient (Wildman–Crippen LogP) is 0.237. The first-order chi connectivity index (χ1) is 17.9. The fourth-order valence-electron chi connectivity index (χ4n) is 9.83. The van der Waals surface area contributed by atoms with E-state index in [1.54, 1.807) is 6.92 Å². The first kappa shape index (κ1) is 31.5. The quantitative estimate of drug-likeness (QED) is 0.183. The third kappa shape index (κ3) is 4.90. The zero-order chi connectivity index (χ0) is 29.3. The number of hydrogen-bond acceptors (Lipinski definition) is 10. The van der Waals surface area contributed by atoms with Crippen LogP contribution in [0.15, 0.2) is 0 Å². The maximum atomic E-state index is 12.5. The molecule has 15 atom stereocenters. The molecule has 39 heavy (non-hydrogen) atoms. The first-order valence-electron chi connectivity index (χ1n) is 14.3. The van der Waals surface area contributed by atoms with E-state index in [1.165, 1.54) is 0 Å². The summed E-state index contributed by atoms with van der Waals surface area (Å²) < 4.78 is 38.3. The third-order valence-corrected chi connectivity index (χ3v) is 12.0. The van der Waals surface area contributed by atoms with E-state index in [4.69, 9.17) is 4.18 Å². The highest BCUT2D eigenvalue weighted by Gasteiger charge is 2.77. The number of hydrogen-bond donors (Lipinski definition) is 8. The smallest absolute Gasteiger partial charge is 0.396 e. The Labute approximate surface area is 231 Å². The average Bonchev–Trinajstić information content (AvgIpc) is 3.04. The Hall–Kier alpha value is -0.410. The van der Waals surface area contributed by atoms with Crippen molar-refractivity contribution in [3.05, 3.63) is 0 Å². The molecule has 4 aliphatic carbocycles. The van der Waals surface area contributed by atoms with Gasteiger partial charge in [0.25, 0.3) is 0 Å². The summed E-state index contributed by atoms with van der Waals surface area (Å²) in [5.41, 5.74) is -3.96. The monoisotopic (exact) mass is 580 g/mol. The highest BCUT2D eigenvalue weighted by Crippen LogP contribution is 2.70.